The number of H-pyrrole nitrogens is 2. The molecule has 0 spiro atoms. The Morgan fingerprint density at radius 1 is 0.969 bits per heavy atom. The van der Waals surface area contributed by atoms with E-state index in [4.69, 9.17) is 0 Å². The Labute approximate surface area is 177 Å². The second-order valence-electron chi connectivity index (χ2n) is 7.73. The first-order chi connectivity index (χ1) is 15.3. The predicted octanol–water partition coefficient (Wildman–Crippen LogP) is 3.48. The van der Waals surface area contributed by atoms with Gasteiger partial charge in [-0.2, -0.15) is 0 Å². The quantitative estimate of drug-likeness (QED) is 0.414. The first kappa shape index (κ1) is 20.3. The molecule has 5 rings (SSSR count). The molecule has 1 aliphatic heterocycles. The first-order valence-corrected chi connectivity index (χ1v) is 9.74. The molecule has 2 aromatic carbocycles. The summed E-state index contributed by atoms with van der Waals surface area (Å²) >= 11 is 0. The molecule has 10 heteroatoms. The van der Waals surface area contributed by atoms with Crippen molar-refractivity contribution in [2.24, 2.45) is 0 Å². The van der Waals surface area contributed by atoms with Crippen molar-refractivity contribution < 1.29 is 22.4 Å². The Hall–Kier alpha value is -3.66. The third kappa shape index (κ3) is 2.98. The van der Waals surface area contributed by atoms with Crippen molar-refractivity contribution in [3.63, 3.8) is 0 Å². The highest BCUT2D eigenvalue weighted by atomic mass is 19.2. The molecule has 0 saturated carbocycles. The van der Waals surface area contributed by atoms with E-state index in [2.05, 4.69) is 15.3 Å². The van der Waals surface area contributed by atoms with Crippen LogP contribution in [0.15, 0.2) is 35.1 Å². The number of amides is 1. The molecule has 164 valence electrons. The SMILES string of the molecule is CN(C(=O)c1cc2c(F)c(F)ccc2[nH]1)C1CNCc2[nH]c(=O)c3cc(F)c(F)cc3c21. The number of pyridine rings is 1. The number of aromatic nitrogens is 2. The second-order valence-corrected chi connectivity index (χ2v) is 7.73. The Morgan fingerprint density at radius 3 is 2.44 bits per heavy atom. The van der Waals surface area contributed by atoms with Gasteiger partial charge in [0.2, 0.25) is 0 Å². The van der Waals surface area contributed by atoms with Gasteiger partial charge in [0, 0.05) is 42.3 Å². The molecular formula is C22H16F4N4O2. The molecule has 0 saturated heterocycles. The zero-order valence-electron chi connectivity index (χ0n) is 16.7. The van der Waals surface area contributed by atoms with E-state index in [1.807, 2.05) is 0 Å². The Balaban J connectivity index is 1.62. The smallest absolute Gasteiger partial charge is 0.270 e. The van der Waals surface area contributed by atoms with Crippen LogP contribution >= 0.6 is 0 Å². The van der Waals surface area contributed by atoms with Gasteiger partial charge >= 0.3 is 0 Å². The molecule has 6 nitrogen and oxygen atoms in total. The third-order valence-corrected chi connectivity index (χ3v) is 5.87. The summed E-state index contributed by atoms with van der Waals surface area (Å²) in [6.45, 7) is 0.549. The molecule has 3 heterocycles. The molecule has 1 unspecified atom stereocenters. The molecule has 1 atom stereocenters. The second kappa shape index (κ2) is 7.20. The number of fused-ring (bicyclic) bond motifs is 4. The Kier molecular flexibility index (Phi) is 4.55. The van der Waals surface area contributed by atoms with Crippen molar-refractivity contribution in [1.82, 2.24) is 20.2 Å². The Morgan fingerprint density at radius 2 is 1.69 bits per heavy atom. The van der Waals surface area contributed by atoms with Gasteiger partial charge in [-0.05, 0) is 35.7 Å². The van der Waals surface area contributed by atoms with E-state index < -0.39 is 40.8 Å². The summed E-state index contributed by atoms with van der Waals surface area (Å²) in [7, 11) is 1.50. The van der Waals surface area contributed by atoms with E-state index in [0.29, 0.717) is 11.3 Å². The number of carbonyl (C=O) groups excluding carboxylic acids is 1. The predicted molar refractivity (Wildman–Crippen MR) is 109 cm³/mol. The zero-order valence-corrected chi connectivity index (χ0v) is 16.7. The molecule has 0 fully saturated rings. The van der Waals surface area contributed by atoms with Gasteiger partial charge in [-0.15, -0.1) is 0 Å². The van der Waals surface area contributed by atoms with Gasteiger partial charge in [0.25, 0.3) is 11.5 Å². The third-order valence-electron chi connectivity index (χ3n) is 5.87. The summed E-state index contributed by atoms with van der Waals surface area (Å²) in [5.41, 5.74) is 0.665. The summed E-state index contributed by atoms with van der Waals surface area (Å²) in [6.07, 6.45) is 0. The largest absolute Gasteiger partial charge is 0.350 e. The van der Waals surface area contributed by atoms with Gasteiger partial charge in [0.1, 0.15) is 5.69 Å². The van der Waals surface area contributed by atoms with Crippen LogP contribution in [0, 0.1) is 23.3 Å². The minimum atomic E-state index is -1.15. The van der Waals surface area contributed by atoms with Gasteiger partial charge in [0.05, 0.1) is 11.4 Å². The summed E-state index contributed by atoms with van der Waals surface area (Å²) in [6, 6.07) is 4.66. The highest BCUT2D eigenvalue weighted by Gasteiger charge is 2.31. The molecule has 1 aliphatic rings. The maximum atomic E-state index is 14.1. The van der Waals surface area contributed by atoms with Crippen LogP contribution in [0.3, 0.4) is 0 Å². The van der Waals surface area contributed by atoms with Crippen LogP contribution in [-0.4, -0.2) is 34.4 Å². The van der Waals surface area contributed by atoms with E-state index in [1.165, 1.54) is 24.1 Å². The topological polar surface area (TPSA) is 81.0 Å². The number of hydrogen-bond acceptors (Lipinski definition) is 3. The molecular weight excluding hydrogens is 428 g/mol. The van der Waals surface area contributed by atoms with Crippen molar-refractivity contribution in [3.8, 4) is 0 Å². The van der Waals surface area contributed by atoms with Gasteiger partial charge < -0.3 is 20.2 Å². The fraction of sp³-hybridized carbons (Fsp3) is 0.182. The summed E-state index contributed by atoms with van der Waals surface area (Å²) in [5, 5.41) is 3.21. The lowest BCUT2D eigenvalue weighted by Gasteiger charge is -2.34. The van der Waals surface area contributed by atoms with Crippen molar-refractivity contribution in [3.05, 3.63) is 80.9 Å². The van der Waals surface area contributed by atoms with E-state index in [1.54, 1.807) is 0 Å². The summed E-state index contributed by atoms with van der Waals surface area (Å²) in [5.74, 6) is -4.87. The average Bonchev–Trinajstić information content (AvgIpc) is 3.21. The molecule has 0 bridgehead atoms. The maximum Gasteiger partial charge on any atom is 0.270 e. The van der Waals surface area contributed by atoms with Crippen molar-refractivity contribution in [2.75, 3.05) is 13.6 Å². The molecule has 0 radical (unpaired) electrons. The van der Waals surface area contributed by atoms with Crippen molar-refractivity contribution in [2.45, 2.75) is 12.6 Å². The lowest BCUT2D eigenvalue weighted by atomic mass is 9.93. The maximum absolute atomic E-state index is 14.1. The number of halogens is 4. The Bertz CT molecular complexity index is 1480. The highest BCUT2D eigenvalue weighted by molar-refractivity contribution is 5.98. The number of aromatic amines is 2. The summed E-state index contributed by atoms with van der Waals surface area (Å²) in [4.78, 5) is 32.4. The van der Waals surface area contributed by atoms with Gasteiger partial charge in [-0.3, -0.25) is 9.59 Å². The zero-order chi connectivity index (χ0) is 22.7. The number of nitrogens with zero attached hydrogens (tertiary/aromatic N) is 1. The van der Waals surface area contributed by atoms with Gasteiger partial charge in [0.15, 0.2) is 23.3 Å². The standard InChI is InChI=1S/C22H16F4N4O2/c1-30(22(32)16-6-11-15(28-16)3-2-12(23)20(11)26)18-8-27-7-17-19(18)9-4-13(24)14(25)5-10(9)21(31)29-17/h2-6,18,27-28H,7-8H2,1H3,(H,29,31). The van der Waals surface area contributed by atoms with Crippen LogP contribution in [-0.2, 0) is 6.54 Å². The van der Waals surface area contributed by atoms with Crippen LogP contribution < -0.4 is 10.9 Å². The van der Waals surface area contributed by atoms with E-state index >= 15 is 0 Å². The number of benzene rings is 2. The fourth-order valence-electron chi connectivity index (χ4n) is 4.27. The number of hydrogen-bond donors (Lipinski definition) is 3. The lowest BCUT2D eigenvalue weighted by molar-refractivity contribution is 0.0718. The van der Waals surface area contributed by atoms with Crippen LogP contribution in [0.5, 0.6) is 0 Å². The van der Waals surface area contributed by atoms with E-state index in [-0.39, 0.29) is 40.5 Å². The molecule has 4 aromatic rings. The summed E-state index contributed by atoms with van der Waals surface area (Å²) < 4.78 is 55.4. The van der Waals surface area contributed by atoms with Crippen molar-refractivity contribution in [1.29, 1.82) is 0 Å². The number of likely N-dealkylation sites (N-methyl/N-ethyl adjacent to an activating group) is 1. The van der Waals surface area contributed by atoms with Crippen LogP contribution in [0.1, 0.15) is 27.8 Å². The van der Waals surface area contributed by atoms with Crippen LogP contribution in [0.25, 0.3) is 21.7 Å². The van der Waals surface area contributed by atoms with E-state index in [0.717, 1.165) is 18.2 Å². The number of nitrogens with one attached hydrogen (secondary N) is 3. The van der Waals surface area contributed by atoms with Crippen LogP contribution in [0.2, 0.25) is 0 Å². The van der Waals surface area contributed by atoms with E-state index in [9.17, 15) is 27.2 Å². The number of carbonyl (C=O) groups is 1. The molecule has 0 aliphatic carbocycles. The molecule has 32 heavy (non-hydrogen) atoms. The van der Waals surface area contributed by atoms with Gasteiger partial charge in [-0.25, -0.2) is 17.6 Å². The fourth-order valence-corrected chi connectivity index (χ4v) is 4.27. The van der Waals surface area contributed by atoms with Crippen molar-refractivity contribution >= 4 is 27.6 Å². The highest BCUT2D eigenvalue weighted by Crippen LogP contribution is 2.33. The first-order valence-electron chi connectivity index (χ1n) is 9.74. The van der Waals surface area contributed by atoms with Gasteiger partial charge in [-0.1, -0.05) is 0 Å². The normalized spacial score (nSPS) is 15.8. The number of rotatable bonds is 2. The average molecular weight is 444 g/mol. The lowest BCUT2D eigenvalue weighted by Crippen LogP contribution is -2.42. The molecule has 2 aromatic heterocycles. The monoisotopic (exact) mass is 444 g/mol. The minimum absolute atomic E-state index is 0.0291. The molecule has 3 N–H and O–H groups in total. The molecule has 1 amide bonds. The minimum Gasteiger partial charge on any atom is -0.350 e. The van der Waals surface area contributed by atoms with Crippen LogP contribution in [0.4, 0.5) is 17.6 Å².